The third-order valence-corrected chi connectivity index (χ3v) is 14.9. The van der Waals surface area contributed by atoms with Crippen LogP contribution in [0.15, 0.2) is 142 Å². The Bertz CT molecular complexity index is 2670. The summed E-state index contributed by atoms with van der Waals surface area (Å²) in [5.74, 6) is 4.64. The Hall–Kier alpha value is -5.39. The predicted molar refractivity (Wildman–Crippen MR) is 258 cm³/mol. The van der Waals surface area contributed by atoms with Gasteiger partial charge in [0, 0.05) is 94.7 Å². The van der Waals surface area contributed by atoms with Gasteiger partial charge in [-0.15, -0.1) is 23.5 Å². The number of hydrogen-bond acceptors (Lipinski definition) is 9. The molecular formula is C53H54N3O5S2+. The Morgan fingerprint density at radius 1 is 0.714 bits per heavy atom. The van der Waals surface area contributed by atoms with Crippen molar-refractivity contribution in [2.75, 3.05) is 88.0 Å². The van der Waals surface area contributed by atoms with Crippen molar-refractivity contribution in [2.24, 2.45) is 0 Å². The first-order chi connectivity index (χ1) is 31.1. The van der Waals surface area contributed by atoms with E-state index in [0.29, 0.717) is 19.7 Å². The molecule has 1 N–H and O–H groups in total. The zero-order valence-electron chi connectivity index (χ0n) is 36.1. The number of fused-ring (bicyclic) bond motifs is 2. The molecule has 8 nitrogen and oxygen atoms in total. The fourth-order valence-electron chi connectivity index (χ4n) is 9.72. The van der Waals surface area contributed by atoms with Crippen LogP contribution in [0.25, 0.3) is 33.4 Å². The van der Waals surface area contributed by atoms with Gasteiger partial charge in [0.15, 0.2) is 0 Å². The fraction of sp³-hybridized carbons (Fsp3) is 0.302. The Morgan fingerprint density at radius 3 is 2.00 bits per heavy atom. The monoisotopic (exact) mass is 876 g/mol. The number of anilines is 2. The molecule has 5 aromatic carbocycles. The molecule has 4 heterocycles. The van der Waals surface area contributed by atoms with E-state index in [1.165, 1.54) is 51.2 Å². The van der Waals surface area contributed by atoms with Crippen LogP contribution in [-0.2, 0) is 10.3 Å². The van der Waals surface area contributed by atoms with Gasteiger partial charge in [-0.3, -0.25) is 0 Å². The van der Waals surface area contributed by atoms with Gasteiger partial charge in [-0.25, -0.2) is 4.58 Å². The van der Waals surface area contributed by atoms with Crippen molar-refractivity contribution in [3.05, 3.63) is 149 Å². The zero-order valence-corrected chi connectivity index (χ0v) is 37.7. The second kappa shape index (κ2) is 18.4. The van der Waals surface area contributed by atoms with E-state index in [4.69, 9.17) is 18.6 Å². The minimum absolute atomic E-state index is 0.0115. The van der Waals surface area contributed by atoms with Gasteiger partial charge < -0.3 is 33.5 Å². The largest absolute Gasteiger partial charge is 0.497 e. The first kappa shape index (κ1) is 41.6. The Kier molecular flexibility index (Phi) is 12.1. The molecule has 0 unspecified atom stereocenters. The van der Waals surface area contributed by atoms with Crippen molar-refractivity contribution < 1.29 is 23.7 Å². The molecule has 5 aromatic rings. The van der Waals surface area contributed by atoms with Crippen LogP contribution in [-0.4, -0.2) is 83.3 Å². The van der Waals surface area contributed by atoms with Gasteiger partial charge in [-0.2, -0.15) is 0 Å². The van der Waals surface area contributed by atoms with Gasteiger partial charge >= 0.3 is 0 Å². The number of benzene rings is 6. The van der Waals surface area contributed by atoms with Crippen molar-refractivity contribution in [2.45, 2.75) is 34.7 Å². The normalized spacial score (nSPS) is 15.1. The number of ether oxygens (including phenoxy) is 3. The molecular weight excluding hydrogens is 823 g/mol. The summed E-state index contributed by atoms with van der Waals surface area (Å²) in [5, 5.41) is 12.8. The highest BCUT2D eigenvalue weighted by atomic mass is 32.2. The number of nitrogens with zero attached hydrogens (tertiary/aromatic N) is 3. The molecule has 1 aliphatic carbocycles. The second-order valence-electron chi connectivity index (χ2n) is 16.5. The number of methoxy groups -OCH3 is 2. The van der Waals surface area contributed by atoms with Crippen LogP contribution < -0.4 is 29.2 Å². The van der Waals surface area contributed by atoms with E-state index in [1.807, 2.05) is 53.9 Å². The van der Waals surface area contributed by atoms with Gasteiger partial charge in [0.05, 0.1) is 39.2 Å². The maximum atomic E-state index is 10.5. The smallest absolute Gasteiger partial charge is 0.203 e. The molecule has 5 aliphatic rings. The minimum Gasteiger partial charge on any atom is -0.497 e. The van der Waals surface area contributed by atoms with E-state index in [1.54, 1.807) is 14.2 Å². The third kappa shape index (κ3) is 8.07. The average Bonchev–Trinajstić information content (AvgIpc) is 3.34. The lowest BCUT2D eigenvalue weighted by Gasteiger charge is -2.37. The molecule has 322 valence electrons. The highest BCUT2D eigenvalue weighted by molar-refractivity contribution is 8.00. The summed E-state index contributed by atoms with van der Waals surface area (Å²) in [6.45, 7) is 5.63. The molecule has 10 rings (SSSR count). The molecule has 63 heavy (non-hydrogen) atoms. The number of hydrogen-bond donors (Lipinski definition) is 1. The SMILES string of the molecule is COc1ccc(C(OCCN(CCO)c2ccc3c(-c4cc5c6c(c4)SCCN6CCS5)c4ccc(=[N+]5CCCCC5)cc-4oc3c2)(c2ccccc2)c2ccc(OC)cc2)cc1. The molecule has 0 radical (unpaired) electrons. The van der Waals surface area contributed by atoms with Gasteiger partial charge in [0.1, 0.15) is 41.5 Å². The fourth-order valence-corrected chi connectivity index (χ4v) is 12.0. The Balaban J connectivity index is 1.06. The topological polar surface area (TPSA) is 70.6 Å². The molecule has 1 fully saturated rings. The number of aliphatic hydroxyl groups is 1. The van der Waals surface area contributed by atoms with Gasteiger partial charge in [0.2, 0.25) is 5.36 Å². The van der Waals surface area contributed by atoms with Crippen LogP contribution in [0, 0.1) is 0 Å². The lowest BCUT2D eigenvalue weighted by molar-refractivity contribution is 0.0170. The van der Waals surface area contributed by atoms with Crippen LogP contribution in [0.5, 0.6) is 11.5 Å². The van der Waals surface area contributed by atoms with Crippen LogP contribution in [0.1, 0.15) is 36.0 Å². The predicted octanol–water partition coefficient (Wildman–Crippen LogP) is 10.0. The number of rotatable bonds is 13. The summed E-state index contributed by atoms with van der Waals surface area (Å²) in [7, 11) is 3.36. The maximum Gasteiger partial charge on any atom is 0.203 e. The summed E-state index contributed by atoms with van der Waals surface area (Å²) < 4.78 is 27.9. The van der Waals surface area contributed by atoms with Crippen LogP contribution in [0.4, 0.5) is 11.4 Å². The third-order valence-electron chi connectivity index (χ3n) is 12.9. The number of piperidine rings is 1. The molecule has 0 atom stereocenters. The summed E-state index contributed by atoms with van der Waals surface area (Å²) in [6.07, 6.45) is 3.71. The summed E-state index contributed by atoms with van der Waals surface area (Å²) in [4.78, 5) is 7.52. The molecule has 10 heteroatoms. The average molecular weight is 877 g/mol. The lowest BCUT2D eigenvalue weighted by Crippen LogP contribution is -2.37. The van der Waals surface area contributed by atoms with Crippen molar-refractivity contribution in [3.8, 4) is 33.9 Å². The molecule has 0 amide bonds. The number of thioether (sulfide) groups is 2. The van der Waals surface area contributed by atoms with Gasteiger partial charge in [-0.05, 0) is 83.3 Å². The van der Waals surface area contributed by atoms with E-state index in [2.05, 4.69) is 111 Å². The Morgan fingerprint density at radius 2 is 1.37 bits per heavy atom. The van der Waals surface area contributed by atoms with E-state index < -0.39 is 5.60 Å². The highest BCUT2D eigenvalue weighted by Gasteiger charge is 2.38. The molecule has 4 aliphatic heterocycles. The summed E-state index contributed by atoms with van der Waals surface area (Å²) >= 11 is 3.96. The van der Waals surface area contributed by atoms with Crippen molar-refractivity contribution in [1.29, 1.82) is 0 Å². The van der Waals surface area contributed by atoms with E-state index in [-0.39, 0.29) is 6.61 Å². The molecule has 0 spiro atoms. The molecule has 0 saturated carbocycles. The van der Waals surface area contributed by atoms with Gasteiger partial charge in [-0.1, -0.05) is 54.6 Å². The van der Waals surface area contributed by atoms with E-state index in [9.17, 15) is 5.11 Å². The highest BCUT2D eigenvalue weighted by Crippen LogP contribution is 2.50. The molecule has 0 aromatic heterocycles. The van der Waals surface area contributed by atoms with Gasteiger partial charge in [0.25, 0.3) is 0 Å². The van der Waals surface area contributed by atoms with Crippen LogP contribution >= 0.6 is 23.5 Å². The first-order valence-corrected chi connectivity index (χ1v) is 24.2. The number of aliphatic hydroxyl groups excluding tert-OH is 1. The quantitative estimate of drug-likeness (QED) is 0.0693. The summed E-state index contributed by atoms with van der Waals surface area (Å²) in [5.41, 5.74) is 8.74. The zero-order chi connectivity index (χ0) is 42.8. The standard InChI is InChI=1S/C53H54N3O5S2/c1-58-43-17-11-39(12-18-43)53(38-9-5-3-6-10-38,40-13-19-44(59-2)20-14-40)60-30-26-55(25-29-57)42-16-22-46-48(36-42)61-47-35-41(54-23-7-4-8-24-54)15-21-45(47)51(46)37-33-49-52-50(34-37)63-32-28-56(52)27-31-62-49/h3,5-6,9-22,33-36,57H,4,7-8,23-32H2,1-2H3/q+1. The minimum atomic E-state index is -0.953. The maximum absolute atomic E-state index is 10.5. The van der Waals surface area contributed by atoms with Crippen LogP contribution in [0.3, 0.4) is 0 Å². The molecule has 1 saturated heterocycles. The second-order valence-corrected chi connectivity index (χ2v) is 18.7. The van der Waals surface area contributed by atoms with Crippen molar-refractivity contribution >= 4 is 45.9 Å². The Labute approximate surface area is 378 Å². The lowest BCUT2D eigenvalue weighted by atomic mass is 9.80. The van der Waals surface area contributed by atoms with E-state index in [0.717, 1.165) is 93.9 Å². The van der Waals surface area contributed by atoms with Crippen molar-refractivity contribution in [3.63, 3.8) is 0 Å². The van der Waals surface area contributed by atoms with Crippen LogP contribution in [0.2, 0.25) is 0 Å². The molecule has 0 bridgehead atoms. The first-order valence-electron chi connectivity index (χ1n) is 22.2. The summed E-state index contributed by atoms with van der Waals surface area (Å²) in [6, 6.07) is 44.8. The van der Waals surface area contributed by atoms with Crippen molar-refractivity contribution in [1.82, 2.24) is 4.58 Å². The van der Waals surface area contributed by atoms with E-state index >= 15 is 0 Å².